The third kappa shape index (κ3) is 3.76. The van der Waals surface area contributed by atoms with Crippen LogP contribution in [-0.4, -0.2) is 61.4 Å². The molecule has 0 atom stereocenters. The molecule has 0 radical (unpaired) electrons. The van der Waals surface area contributed by atoms with Crippen LogP contribution < -0.4 is 5.32 Å². The molecule has 1 heterocycles. The highest BCUT2D eigenvalue weighted by atomic mass is 79.9. The molecule has 2 amide bonds. The Kier molecular flexibility index (Phi) is 5.16. The molecule has 0 bridgehead atoms. The lowest BCUT2D eigenvalue weighted by molar-refractivity contribution is -0.132. The first-order valence-electron chi connectivity index (χ1n) is 7.98. The maximum atomic E-state index is 12.6. The van der Waals surface area contributed by atoms with E-state index in [0.29, 0.717) is 18.7 Å². The van der Waals surface area contributed by atoms with Gasteiger partial charge in [-0.2, -0.15) is 0 Å². The second kappa shape index (κ2) is 7.32. The minimum atomic E-state index is -0.136. The molecule has 3 rings (SSSR count). The van der Waals surface area contributed by atoms with E-state index in [1.165, 1.54) is 4.90 Å². The monoisotopic (exact) mass is 389 g/mol. The van der Waals surface area contributed by atoms with Crippen molar-refractivity contribution in [3.63, 3.8) is 0 Å². The quantitative estimate of drug-likeness (QED) is 0.874. The molecule has 6 heteroatoms. The second-order valence-electron chi connectivity index (χ2n) is 6.00. The number of hydrogen-bond acceptors (Lipinski definition) is 3. The van der Waals surface area contributed by atoms with Crippen LogP contribution in [0.3, 0.4) is 0 Å². The van der Waals surface area contributed by atoms with Crippen molar-refractivity contribution >= 4 is 38.5 Å². The van der Waals surface area contributed by atoms with Crippen LogP contribution in [0.5, 0.6) is 0 Å². The predicted molar refractivity (Wildman–Crippen MR) is 98.1 cm³/mol. The van der Waals surface area contributed by atoms with E-state index in [1.54, 1.807) is 11.9 Å². The van der Waals surface area contributed by atoms with Gasteiger partial charge in [-0.1, -0.05) is 28.1 Å². The summed E-state index contributed by atoms with van der Waals surface area (Å²) < 4.78 is 1.01. The van der Waals surface area contributed by atoms with Crippen LogP contribution in [0.25, 0.3) is 10.8 Å². The number of nitrogens with zero attached hydrogens (tertiary/aromatic N) is 2. The summed E-state index contributed by atoms with van der Waals surface area (Å²) in [6.45, 7) is 3.13. The zero-order valence-electron chi connectivity index (χ0n) is 13.6. The summed E-state index contributed by atoms with van der Waals surface area (Å²) >= 11 is 3.45. The third-order valence-corrected chi connectivity index (χ3v) is 4.73. The molecule has 24 heavy (non-hydrogen) atoms. The van der Waals surface area contributed by atoms with Crippen LogP contribution in [0, 0.1) is 0 Å². The Morgan fingerprint density at radius 1 is 1.12 bits per heavy atom. The summed E-state index contributed by atoms with van der Waals surface area (Å²) in [5.41, 5.74) is 0.598. The number of piperazine rings is 1. The molecular formula is C18H20BrN3O2. The summed E-state index contributed by atoms with van der Waals surface area (Å²) in [6.07, 6.45) is 0. The molecule has 1 aliphatic heterocycles. The standard InChI is InChI=1S/C18H20BrN3O2/c1-21(12-17(23)22-8-6-20-7-9-22)18(24)15-3-2-14-11-16(19)5-4-13(14)10-15/h2-5,10-11,20H,6-9,12H2,1H3. The van der Waals surface area contributed by atoms with Gasteiger partial charge in [0.25, 0.3) is 5.91 Å². The van der Waals surface area contributed by atoms with Gasteiger partial charge in [0.15, 0.2) is 0 Å². The SMILES string of the molecule is CN(CC(=O)N1CCNCC1)C(=O)c1ccc2cc(Br)ccc2c1. The molecule has 0 aromatic heterocycles. The van der Waals surface area contributed by atoms with E-state index >= 15 is 0 Å². The van der Waals surface area contributed by atoms with Gasteiger partial charge in [-0.05, 0) is 35.0 Å². The smallest absolute Gasteiger partial charge is 0.254 e. The molecule has 0 aliphatic carbocycles. The fourth-order valence-corrected chi connectivity index (χ4v) is 3.24. The minimum absolute atomic E-state index is 0.00271. The van der Waals surface area contributed by atoms with Gasteiger partial charge < -0.3 is 15.1 Å². The van der Waals surface area contributed by atoms with Crippen LogP contribution in [0.15, 0.2) is 40.9 Å². The maximum Gasteiger partial charge on any atom is 0.254 e. The van der Waals surface area contributed by atoms with Crippen molar-refractivity contribution in [3.05, 3.63) is 46.4 Å². The normalized spacial score (nSPS) is 14.7. The number of nitrogens with one attached hydrogen (secondary N) is 1. The van der Waals surface area contributed by atoms with Crippen molar-refractivity contribution in [1.82, 2.24) is 15.1 Å². The average molecular weight is 390 g/mol. The number of likely N-dealkylation sites (N-methyl/N-ethyl adjacent to an activating group) is 1. The third-order valence-electron chi connectivity index (χ3n) is 4.24. The molecule has 1 saturated heterocycles. The number of amides is 2. The van der Waals surface area contributed by atoms with Crippen molar-refractivity contribution in [2.24, 2.45) is 0 Å². The van der Waals surface area contributed by atoms with E-state index in [9.17, 15) is 9.59 Å². The molecular weight excluding hydrogens is 370 g/mol. The molecule has 1 fully saturated rings. The molecule has 2 aromatic rings. The fraction of sp³-hybridized carbons (Fsp3) is 0.333. The van der Waals surface area contributed by atoms with Crippen molar-refractivity contribution in [2.75, 3.05) is 39.8 Å². The number of rotatable bonds is 3. The number of halogens is 1. The highest BCUT2D eigenvalue weighted by Crippen LogP contribution is 2.21. The van der Waals surface area contributed by atoms with Gasteiger partial charge >= 0.3 is 0 Å². The fourth-order valence-electron chi connectivity index (χ4n) is 2.86. The predicted octanol–water partition coefficient (Wildman–Crippen LogP) is 2.11. The molecule has 2 aromatic carbocycles. The van der Waals surface area contributed by atoms with Crippen LogP contribution in [0.2, 0.25) is 0 Å². The van der Waals surface area contributed by atoms with Crippen molar-refractivity contribution in [3.8, 4) is 0 Å². The van der Waals surface area contributed by atoms with Crippen LogP contribution in [0.1, 0.15) is 10.4 Å². The Morgan fingerprint density at radius 3 is 2.54 bits per heavy atom. The zero-order chi connectivity index (χ0) is 17.1. The first-order chi connectivity index (χ1) is 11.5. The number of benzene rings is 2. The summed E-state index contributed by atoms with van der Waals surface area (Å²) in [5, 5.41) is 5.29. The first-order valence-corrected chi connectivity index (χ1v) is 8.77. The van der Waals surface area contributed by atoms with E-state index in [0.717, 1.165) is 28.3 Å². The first kappa shape index (κ1) is 16.9. The Balaban J connectivity index is 1.70. The molecule has 0 spiro atoms. The van der Waals surface area contributed by atoms with Gasteiger partial charge in [-0.25, -0.2) is 0 Å². The summed E-state index contributed by atoms with van der Waals surface area (Å²) in [4.78, 5) is 28.2. The van der Waals surface area contributed by atoms with Crippen LogP contribution in [-0.2, 0) is 4.79 Å². The lowest BCUT2D eigenvalue weighted by atomic mass is 10.1. The van der Waals surface area contributed by atoms with Gasteiger partial charge in [0.05, 0.1) is 6.54 Å². The number of carbonyl (C=O) groups is 2. The summed E-state index contributed by atoms with van der Waals surface area (Å²) in [5.74, 6) is -0.139. The number of hydrogen-bond donors (Lipinski definition) is 1. The average Bonchev–Trinajstić information content (AvgIpc) is 2.61. The highest BCUT2D eigenvalue weighted by Gasteiger charge is 2.20. The van der Waals surface area contributed by atoms with Gasteiger partial charge in [0, 0.05) is 43.3 Å². The molecule has 0 unspecified atom stereocenters. The molecule has 126 valence electrons. The van der Waals surface area contributed by atoms with Gasteiger partial charge in [-0.15, -0.1) is 0 Å². The number of fused-ring (bicyclic) bond motifs is 1. The lowest BCUT2D eigenvalue weighted by Gasteiger charge is -2.29. The minimum Gasteiger partial charge on any atom is -0.339 e. The molecule has 0 saturated carbocycles. The maximum absolute atomic E-state index is 12.6. The topological polar surface area (TPSA) is 52.7 Å². The molecule has 1 aliphatic rings. The van der Waals surface area contributed by atoms with Crippen molar-refractivity contribution in [2.45, 2.75) is 0 Å². The van der Waals surface area contributed by atoms with Gasteiger partial charge in [0.1, 0.15) is 0 Å². The highest BCUT2D eigenvalue weighted by molar-refractivity contribution is 9.10. The van der Waals surface area contributed by atoms with Crippen LogP contribution in [0.4, 0.5) is 0 Å². The number of carbonyl (C=O) groups excluding carboxylic acids is 2. The largest absolute Gasteiger partial charge is 0.339 e. The van der Waals surface area contributed by atoms with E-state index in [2.05, 4.69) is 21.2 Å². The van der Waals surface area contributed by atoms with Crippen LogP contribution >= 0.6 is 15.9 Å². The summed E-state index contributed by atoms with van der Waals surface area (Å²) in [6, 6.07) is 11.6. The Morgan fingerprint density at radius 2 is 1.79 bits per heavy atom. The van der Waals surface area contributed by atoms with E-state index in [4.69, 9.17) is 0 Å². The Hall–Kier alpha value is -1.92. The van der Waals surface area contributed by atoms with Gasteiger partial charge in [0.2, 0.25) is 5.91 Å². The zero-order valence-corrected chi connectivity index (χ0v) is 15.2. The van der Waals surface area contributed by atoms with Crippen molar-refractivity contribution in [1.29, 1.82) is 0 Å². The second-order valence-corrected chi connectivity index (χ2v) is 6.91. The Labute approximate surface area is 149 Å². The molecule has 1 N–H and O–H groups in total. The van der Waals surface area contributed by atoms with E-state index < -0.39 is 0 Å². The lowest BCUT2D eigenvalue weighted by Crippen LogP contribution is -2.49. The summed E-state index contributed by atoms with van der Waals surface area (Å²) in [7, 11) is 1.67. The van der Waals surface area contributed by atoms with Gasteiger partial charge in [-0.3, -0.25) is 9.59 Å². The van der Waals surface area contributed by atoms with E-state index in [1.807, 2.05) is 36.4 Å². The van der Waals surface area contributed by atoms with Crippen molar-refractivity contribution < 1.29 is 9.59 Å². The van der Waals surface area contributed by atoms with E-state index in [-0.39, 0.29) is 18.4 Å². The Bertz CT molecular complexity index is 772. The molecule has 5 nitrogen and oxygen atoms in total.